The van der Waals surface area contributed by atoms with Crippen molar-refractivity contribution < 1.29 is 4.79 Å². The SMILES string of the molecule is O=C1NCc2ccccc2C1c1ccccc1. The largest absolute Gasteiger partial charge is 0.351 e. The molecule has 0 aliphatic carbocycles. The van der Waals surface area contributed by atoms with E-state index in [1.807, 2.05) is 48.5 Å². The Kier molecular flexibility index (Phi) is 2.41. The Morgan fingerprint density at radius 2 is 1.65 bits per heavy atom. The summed E-state index contributed by atoms with van der Waals surface area (Å²) < 4.78 is 0. The average molecular weight is 223 g/mol. The highest BCUT2D eigenvalue weighted by Crippen LogP contribution is 2.30. The Bertz CT molecular complexity index is 548. The van der Waals surface area contributed by atoms with Gasteiger partial charge in [0.25, 0.3) is 0 Å². The summed E-state index contributed by atoms with van der Waals surface area (Å²) >= 11 is 0. The van der Waals surface area contributed by atoms with Gasteiger partial charge in [0, 0.05) is 6.54 Å². The second-order valence-corrected chi connectivity index (χ2v) is 4.26. The molecule has 84 valence electrons. The van der Waals surface area contributed by atoms with Crippen LogP contribution in [0.1, 0.15) is 22.6 Å². The summed E-state index contributed by atoms with van der Waals surface area (Å²) in [6, 6.07) is 18.1. The van der Waals surface area contributed by atoms with Crippen LogP contribution in [0.2, 0.25) is 0 Å². The van der Waals surface area contributed by atoms with Crippen LogP contribution in [0.25, 0.3) is 0 Å². The maximum absolute atomic E-state index is 12.0. The molecule has 1 aliphatic rings. The number of amides is 1. The summed E-state index contributed by atoms with van der Waals surface area (Å²) in [6.07, 6.45) is 0. The van der Waals surface area contributed by atoms with Crippen LogP contribution in [0, 0.1) is 0 Å². The molecule has 1 atom stereocenters. The van der Waals surface area contributed by atoms with Gasteiger partial charge in [0.1, 0.15) is 0 Å². The van der Waals surface area contributed by atoms with Crippen LogP contribution in [0.4, 0.5) is 0 Å². The zero-order valence-corrected chi connectivity index (χ0v) is 9.39. The van der Waals surface area contributed by atoms with E-state index in [0.717, 1.165) is 11.1 Å². The van der Waals surface area contributed by atoms with Crippen molar-refractivity contribution in [2.45, 2.75) is 12.5 Å². The molecule has 2 nitrogen and oxygen atoms in total. The van der Waals surface area contributed by atoms with E-state index < -0.39 is 0 Å². The molecule has 0 spiro atoms. The summed E-state index contributed by atoms with van der Waals surface area (Å²) in [5.74, 6) is -0.0731. The highest BCUT2D eigenvalue weighted by Gasteiger charge is 2.28. The van der Waals surface area contributed by atoms with Gasteiger partial charge in [-0.3, -0.25) is 4.79 Å². The van der Waals surface area contributed by atoms with E-state index >= 15 is 0 Å². The van der Waals surface area contributed by atoms with Crippen molar-refractivity contribution in [2.24, 2.45) is 0 Å². The third-order valence-corrected chi connectivity index (χ3v) is 3.21. The van der Waals surface area contributed by atoms with E-state index in [0.29, 0.717) is 6.54 Å². The number of carbonyl (C=O) groups is 1. The lowest BCUT2D eigenvalue weighted by atomic mass is 9.85. The minimum atomic E-state index is -0.166. The number of benzene rings is 2. The lowest BCUT2D eigenvalue weighted by Gasteiger charge is -2.25. The lowest BCUT2D eigenvalue weighted by molar-refractivity contribution is -0.122. The van der Waals surface area contributed by atoms with Crippen molar-refractivity contribution in [3.63, 3.8) is 0 Å². The summed E-state index contributed by atoms with van der Waals surface area (Å²) in [5, 5.41) is 2.95. The molecule has 0 fully saturated rings. The van der Waals surface area contributed by atoms with Gasteiger partial charge in [-0.2, -0.15) is 0 Å². The molecule has 1 N–H and O–H groups in total. The van der Waals surface area contributed by atoms with Crippen LogP contribution < -0.4 is 5.32 Å². The van der Waals surface area contributed by atoms with Gasteiger partial charge < -0.3 is 5.32 Å². The molecule has 1 unspecified atom stereocenters. The maximum Gasteiger partial charge on any atom is 0.232 e. The smallest absolute Gasteiger partial charge is 0.232 e. The first-order valence-electron chi connectivity index (χ1n) is 5.77. The Morgan fingerprint density at radius 1 is 0.941 bits per heavy atom. The molecule has 0 radical (unpaired) electrons. The average Bonchev–Trinajstić information content (AvgIpc) is 2.39. The van der Waals surface area contributed by atoms with Crippen LogP contribution in [0.15, 0.2) is 54.6 Å². The van der Waals surface area contributed by atoms with E-state index in [9.17, 15) is 4.79 Å². The fourth-order valence-electron chi connectivity index (χ4n) is 2.38. The fraction of sp³-hybridized carbons (Fsp3) is 0.133. The normalized spacial score (nSPS) is 18.4. The van der Waals surface area contributed by atoms with Crippen LogP contribution >= 0.6 is 0 Å². The summed E-state index contributed by atoms with van der Waals surface area (Å²) in [5.41, 5.74) is 3.39. The van der Waals surface area contributed by atoms with Gasteiger partial charge in [0.2, 0.25) is 5.91 Å². The zero-order chi connectivity index (χ0) is 11.7. The maximum atomic E-state index is 12.0. The van der Waals surface area contributed by atoms with Crippen molar-refractivity contribution in [1.82, 2.24) is 5.32 Å². The molecule has 1 aliphatic heterocycles. The van der Waals surface area contributed by atoms with E-state index in [4.69, 9.17) is 0 Å². The number of nitrogens with one attached hydrogen (secondary N) is 1. The molecule has 1 amide bonds. The zero-order valence-electron chi connectivity index (χ0n) is 9.39. The molecular weight excluding hydrogens is 210 g/mol. The Hall–Kier alpha value is -2.09. The molecule has 0 bridgehead atoms. The molecule has 3 rings (SSSR count). The van der Waals surface area contributed by atoms with Gasteiger partial charge in [-0.1, -0.05) is 54.6 Å². The second-order valence-electron chi connectivity index (χ2n) is 4.26. The number of rotatable bonds is 1. The minimum absolute atomic E-state index is 0.0925. The quantitative estimate of drug-likeness (QED) is 0.790. The Morgan fingerprint density at radius 3 is 2.47 bits per heavy atom. The van der Waals surface area contributed by atoms with Crippen LogP contribution in [0.3, 0.4) is 0 Å². The van der Waals surface area contributed by atoms with E-state index in [1.165, 1.54) is 5.56 Å². The predicted octanol–water partition coefficient (Wildman–Crippen LogP) is 2.45. The molecule has 2 heteroatoms. The highest BCUT2D eigenvalue weighted by molar-refractivity contribution is 5.89. The van der Waals surface area contributed by atoms with Gasteiger partial charge in [-0.15, -0.1) is 0 Å². The third-order valence-electron chi connectivity index (χ3n) is 3.21. The molecule has 1 heterocycles. The summed E-state index contributed by atoms with van der Waals surface area (Å²) in [6.45, 7) is 0.637. The van der Waals surface area contributed by atoms with E-state index in [-0.39, 0.29) is 11.8 Å². The minimum Gasteiger partial charge on any atom is -0.351 e. The van der Waals surface area contributed by atoms with Crippen molar-refractivity contribution >= 4 is 5.91 Å². The molecule has 2 aromatic carbocycles. The molecule has 17 heavy (non-hydrogen) atoms. The van der Waals surface area contributed by atoms with Crippen LogP contribution in [0.5, 0.6) is 0 Å². The lowest BCUT2D eigenvalue weighted by Crippen LogP contribution is -2.35. The standard InChI is InChI=1S/C15H13NO/c17-15-14(11-6-2-1-3-7-11)13-9-5-4-8-12(13)10-16-15/h1-9,14H,10H2,(H,16,17). The predicted molar refractivity (Wildman–Crippen MR) is 66.6 cm³/mol. The van der Waals surface area contributed by atoms with Gasteiger partial charge >= 0.3 is 0 Å². The summed E-state index contributed by atoms with van der Waals surface area (Å²) in [7, 11) is 0. The van der Waals surface area contributed by atoms with Gasteiger partial charge in [-0.25, -0.2) is 0 Å². The molecular formula is C15H13NO. The highest BCUT2D eigenvalue weighted by atomic mass is 16.1. The van der Waals surface area contributed by atoms with Crippen molar-refractivity contribution in [3.8, 4) is 0 Å². The van der Waals surface area contributed by atoms with E-state index in [2.05, 4.69) is 11.4 Å². The third kappa shape index (κ3) is 1.72. The van der Waals surface area contributed by atoms with E-state index in [1.54, 1.807) is 0 Å². The van der Waals surface area contributed by atoms with Crippen LogP contribution in [-0.4, -0.2) is 5.91 Å². The Labute approximate surface area is 100 Å². The van der Waals surface area contributed by atoms with Crippen molar-refractivity contribution in [1.29, 1.82) is 0 Å². The first-order chi connectivity index (χ1) is 8.36. The molecule has 0 saturated carbocycles. The first kappa shape index (κ1) is 10.1. The summed E-state index contributed by atoms with van der Waals surface area (Å²) in [4.78, 5) is 12.0. The number of fused-ring (bicyclic) bond motifs is 1. The molecule has 0 saturated heterocycles. The topological polar surface area (TPSA) is 29.1 Å². The Balaban J connectivity index is 2.13. The second kappa shape index (κ2) is 4.06. The first-order valence-corrected chi connectivity index (χ1v) is 5.77. The van der Waals surface area contributed by atoms with Gasteiger partial charge in [0.15, 0.2) is 0 Å². The van der Waals surface area contributed by atoms with Gasteiger partial charge in [-0.05, 0) is 16.7 Å². The molecule has 2 aromatic rings. The van der Waals surface area contributed by atoms with Crippen molar-refractivity contribution in [3.05, 3.63) is 71.3 Å². The van der Waals surface area contributed by atoms with Crippen LogP contribution in [-0.2, 0) is 11.3 Å². The van der Waals surface area contributed by atoms with Crippen molar-refractivity contribution in [2.75, 3.05) is 0 Å². The van der Waals surface area contributed by atoms with Gasteiger partial charge in [0.05, 0.1) is 5.92 Å². The number of carbonyl (C=O) groups excluding carboxylic acids is 1. The molecule has 0 aromatic heterocycles. The number of hydrogen-bond acceptors (Lipinski definition) is 1. The number of hydrogen-bond donors (Lipinski definition) is 1. The monoisotopic (exact) mass is 223 g/mol. The fourth-order valence-corrected chi connectivity index (χ4v) is 2.38.